The maximum absolute atomic E-state index is 12.5. The number of ether oxygens (including phenoxy) is 2. The van der Waals surface area contributed by atoms with E-state index in [4.69, 9.17) is 14.7 Å². The molecule has 1 aliphatic heterocycles. The third kappa shape index (κ3) is 3.57. The summed E-state index contributed by atoms with van der Waals surface area (Å²) in [6.07, 6.45) is 1.53. The van der Waals surface area contributed by atoms with Crippen LogP contribution in [0.2, 0.25) is 0 Å². The van der Waals surface area contributed by atoms with Gasteiger partial charge < -0.3 is 14.7 Å². The number of fused-ring (bicyclic) bond motifs is 1. The maximum Gasteiger partial charge on any atom is 0.353 e. The molecule has 1 aliphatic rings. The first-order valence-electron chi connectivity index (χ1n) is 8.18. The summed E-state index contributed by atoms with van der Waals surface area (Å²) in [6, 6.07) is 14.1. The predicted octanol–water partition coefficient (Wildman–Crippen LogP) is 2.99. The van der Waals surface area contributed by atoms with Gasteiger partial charge in [0.15, 0.2) is 11.4 Å². The zero-order valence-electron chi connectivity index (χ0n) is 14.2. The van der Waals surface area contributed by atoms with Gasteiger partial charge in [-0.15, -0.1) is 11.3 Å². The fraction of sp³-hybridized carbons (Fsp3) is 0. The number of ketones is 1. The van der Waals surface area contributed by atoms with Gasteiger partial charge in [0.05, 0.1) is 5.56 Å². The Bertz CT molecular complexity index is 1070. The van der Waals surface area contributed by atoms with Crippen LogP contribution >= 0.6 is 11.3 Å². The van der Waals surface area contributed by atoms with Crippen molar-refractivity contribution in [2.75, 3.05) is 0 Å². The Morgan fingerprint density at radius 3 is 2.64 bits per heavy atom. The molecule has 4 rings (SSSR count). The Hall–Kier alpha value is -3.30. The second-order valence-corrected chi connectivity index (χ2v) is 6.84. The Kier molecular flexibility index (Phi) is 4.76. The van der Waals surface area contributed by atoms with Crippen molar-refractivity contribution in [2.45, 2.75) is 0 Å². The summed E-state index contributed by atoms with van der Waals surface area (Å²) in [7, 11) is 0. The Morgan fingerprint density at radius 2 is 1.96 bits per heavy atom. The molecular formula is C20H13NO6S. The SMILES string of the molecule is O=C(Oc1ccc2c(c1)OC(=Cc1ccc([NH+]([O-])O)cc1)C2=O)c1cccs1. The number of carbonyl (C=O) groups is 2. The zero-order chi connectivity index (χ0) is 19.7. The minimum atomic E-state index is -1.02. The van der Waals surface area contributed by atoms with E-state index in [1.807, 2.05) is 0 Å². The zero-order valence-corrected chi connectivity index (χ0v) is 15.1. The van der Waals surface area contributed by atoms with Gasteiger partial charge in [0, 0.05) is 18.2 Å². The first kappa shape index (κ1) is 18.1. The molecule has 7 nitrogen and oxygen atoms in total. The molecule has 0 bridgehead atoms. The molecule has 140 valence electrons. The standard InChI is InChI=1S/C20H13NO6S/c22-19-15-8-7-14(26-20(23)18-2-1-9-28-18)11-16(15)27-17(19)10-12-3-5-13(6-4-12)21(24)25/h1-11,21,24H. The monoisotopic (exact) mass is 395 g/mol. The van der Waals surface area contributed by atoms with E-state index < -0.39 is 11.2 Å². The molecule has 28 heavy (non-hydrogen) atoms. The lowest BCUT2D eigenvalue weighted by atomic mass is 10.1. The number of allylic oxidation sites excluding steroid dienone is 1. The van der Waals surface area contributed by atoms with Gasteiger partial charge in [0.25, 0.3) is 0 Å². The highest BCUT2D eigenvalue weighted by atomic mass is 32.1. The van der Waals surface area contributed by atoms with E-state index in [-0.39, 0.29) is 23.0 Å². The minimum Gasteiger partial charge on any atom is -0.595 e. The summed E-state index contributed by atoms with van der Waals surface area (Å²) in [4.78, 5) is 25.0. The number of esters is 1. The summed E-state index contributed by atoms with van der Waals surface area (Å²) in [6.45, 7) is 0. The topological polar surface area (TPSA) is 100 Å². The number of nitrogens with one attached hydrogen (secondary N) is 1. The number of rotatable bonds is 4. The van der Waals surface area contributed by atoms with Crippen molar-refractivity contribution in [3.63, 3.8) is 0 Å². The van der Waals surface area contributed by atoms with E-state index in [0.717, 1.165) is 0 Å². The average molecular weight is 395 g/mol. The van der Waals surface area contributed by atoms with Gasteiger partial charge in [-0.1, -0.05) is 6.07 Å². The molecule has 0 fully saturated rings. The van der Waals surface area contributed by atoms with E-state index in [1.165, 1.54) is 41.7 Å². The number of thiophene rings is 1. The third-order valence-electron chi connectivity index (χ3n) is 4.03. The highest BCUT2D eigenvalue weighted by Gasteiger charge is 2.28. The number of benzene rings is 2. The predicted molar refractivity (Wildman–Crippen MR) is 101 cm³/mol. The number of carbonyl (C=O) groups excluding carboxylic acids is 2. The average Bonchev–Trinajstić information content (AvgIpc) is 3.31. The second-order valence-electron chi connectivity index (χ2n) is 5.89. The molecule has 2 N–H and O–H groups in total. The Labute approximate surface area is 163 Å². The second kappa shape index (κ2) is 7.37. The number of Topliss-reactive ketones (excluding diaryl/α,β-unsaturated/α-hetero) is 1. The fourth-order valence-corrected chi connectivity index (χ4v) is 3.25. The van der Waals surface area contributed by atoms with Gasteiger partial charge >= 0.3 is 5.97 Å². The van der Waals surface area contributed by atoms with Gasteiger partial charge in [-0.05, 0) is 47.4 Å². The largest absolute Gasteiger partial charge is 0.595 e. The molecule has 0 spiro atoms. The lowest BCUT2D eigenvalue weighted by molar-refractivity contribution is -0.991. The van der Waals surface area contributed by atoms with E-state index in [1.54, 1.807) is 35.7 Å². The number of quaternary nitrogens is 1. The van der Waals surface area contributed by atoms with Crippen molar-refractivity contribution in [2.24, 2.45) is 0 Å². The summed E-state index contributed by atoms with van der Waals surface area (Å²) < 4.78 is 10.9. The van der Waals surface area contributed by atoms with Crippen LogP contribution in [0, 0.1) is 5.21 Å². The van der Waals surface area contributed by atoms with Crippen LogP contribution < -0.4 is 14.7 Å². The van der Waals surface area contributed by atoms with Crippen LogP contribution in [0.4, 0.5) is 5.69 Å². The molecule has 0 radical (unpaired) electrons. The highest BCUT2D eigenvalue weighted by molar-refractivity contribution is 7.12. The highest BCUT2D eigenvalue weighted by Crippen LogP contribution is 2.35. The minimum absolute atomic E-state index is 0.111. The van der Waals surface area contributed by atoms with Crippen LogP contribution in [0.25, 0.3) is 6.08 Å². The van der Waals surface area contributed by atoms with Crippen LogP contribution in [-0.2, 0) is 0 Å². The molecule has 8 heteroatoms. The summed E-state index contributed by atoms with van der Waals surface area (Å²) in [5.41, 5.74) is 1.15. The molecule has 1 atom stereocenters. The van der Waals surface area contributed by atoms with Crippen LogP contribution in [0.1, 0.15) is 25.6 Å². The van der Waals surface area contributed by atoms with Crippen LogP contribution in [-0.4, -0.2) is 17.0 Å². The molecule has 1 unspecified atom stereocenters. The molecule has 0 saturated heterocycles. The van der Waals surface area contributed by atoms with E-state index in [0.29, 0.717) is 21.8 Å². The van der Waals surface area contributed by atoms with Gasteiger partial charge in [-0.25, -0.2) is 10.0 Å². The number of hydrogen-bond acceptors (Lipinski definition) is 7. The molecule has 0 aliphatic carbocycles. The van der Waals surface area contributed by atoms with Crippen LogP contribution in [0.3, 0.4) is 0 Å². The lowest BCUT2D eigenvalue weighted by Gasteiger charge is -2.10. The van der Waals surface area contributed by atoms with Crippen molar-refractivity contribution in [3.8, 4) is 11.5 Å². The van der Waals surface area contributed by atoms with Gasteiger partial charge in [-0.2, -0.15) is 5.23 Å². The van der Waals surface area contributed by atoms with E-state index in [2.05, 4.69) is 0 Å². The maximum atomic E-state index is 12.5. The molecule has 1 aromatic heterocycles. The molecular weight excluding hydrogens is 382 g/mol. The Balaban J connectivity index is 1.53. The van der Waals surface area contributed by atoms with Gasteiger partial charge in [0.1, 0.15) is 16.4 Å². The van der Waals surface area contributed by atoms with Crippen molar-refractivity contribution in [3.05, 3.63) is 86.9 Å². The first-order chi connectivity index (χ1) is 13.5. The van der Waals surface area contributed by atoms with E-state index in [9.17, 15) is 14.8 Å². The molecule has 0 amide bonds. The smallest absolute Gasteiger partial charge is 0.353 e. The van der Waals surface area contributed by atoms with Crippen LogP contribution in [0.15, 0.2) is 65.7 Å². The summed E-state index contributed by atoms with van der Waals surface area (Å²) >= 11 is 1.27. The Morgan fingerprint density at radius 1 is 1.18 bits per heavy atom. The molecule has 2 heterocycles. The van der Waals surface area contributed by atoms with Crippen molar-refractivity contribution < 1.29 is 29.5 Å². The summed E-state index contributed by atoms with van der Waals surface area (Å²) in [5.74, 6) is -0.0892. The van der Waals surface area contributed by atoms with Crippen LogP contribution in [0.5, 0.6) is 11.5 Å². The van der Waals surface area contributed by atoms with Crippen molar-refractivity contribution >= 4 is 34.9 Å². The van der Waals surface area contributed by atoms with Gasteiger partial charge in [0.2, 0.25) is 5.78 Å². The van der Waals surface area contributed by atoms with Crippen molar-refractivity contribution in [1.82, 2.24) is 0 Å². The lowest BCUT2D eigenvalue weighted by Crippen LogP contribution is -2.99. The normalized spacial score (nSPS) is 15.2. The quantitative estimate of drug-likeness (QED) is 0.305. The summed E-state index contributed by atoms with van der Waals surface area (Å²) in [5, 5.41) is 20.6. The van der Waals surface area contributed by atoms with Gasteiger partial charge in [-0.3, -0.25) is 4.79 Å². The number of hydrogen-bond donors (Lipinski definition) is 2. The fourth-order valence-electron chi connectivity index (χ4n) is 2.66. The molecule has 2 aromatic carbocycles. The third-order valence-corrected chi connectivity index (χ3v) is 4.88. The van der Waals surface area contributed by atoms with E-state index >= 15 is 0 Å². The molecule has 0 saturated carbocycles. The first-order valence-corrected chi connectivity index (χ1v) is 9.06. The van der Waals surface area contributed by atoms with Crippen molar-refractivity contribution in [1.29, 1.82) is 0 Å². The molecule has 3 aromatic rings.